The molecule has 5 unspecified atom stereocenters. The molecule has 0 bridgehead atoms. The second-order valence-corrected chi connectivity index (χ2v) is 8.71. The van der Waals surface area contributed by atoms with Crippen molar-refractivity contribution in [2.24, 2.45) is 35.5 Å². The van der Waals surface area contributed by atoms with E-state index in [2.05, 4.69) is 0 Å². The highest BCUT2D eigenvalue weighted by molar-refractivity contribution is 4.98. The average molecular weight is 274 g/mol. The predicted molar refractivity (Wildman–Crippen MR) is 85.6 cm³/mol. The van der Waals surface area contributed by atoms with Gasteiger partial charge >= 0.3 is 0 Å². The maximum Gasteiger partial charge on any atom is -0.0326 e. The molecule has 4 aliphatic rings. The summed E-state index contributed by atoms with van der Waals surface area (Å²) in [6.07, 6.45) is 22.1. The first-order chi connectivity index (χ1) is 9.92. The molecule has 4 rings (SSSR count). The number of rotatable bonds is 2. The molecule has 4 fully saturated rings. The zero-order valence-corrected chi connectivity index (χ0v) is 13.4. The van der Waals surface area contributed by atoms with Crippen molar-refractivity contribution in [1.29, 1.82) is 0 Å². The molecule has 0 nitrogen and oxygen atoms in total. The zero-order chi connectivity index (χ0) is 13.4. The lowest BCUT2D eigenvalue weighted by molar-refractivity contribution is 0.0912. The standard InChI is InChI=1S/C20H34/c1-2-7-15(8-3-1)13-17-10-6-11-18-14-16-9-4-5-12-19(16)20(17)18/h15-20H,1-14H2. The van der Waals surface area contributed by atoms with Crippen molar-refractivity contribution in [1.82, 2.24) is 0 Å². The molecule has 114 valence electrons. The summed E-state index contributed by atoms with van der Waals surface area (Å²) < 4.78 is 0. The lowest BCUT2D eigenvalue weighted by Gasteiger charge is -2.41. The van der Waals surface area contributed by atoms with E-state index in [-0.39, 0.29) is 0 Å². The first kappa shape index (κ1) is 13.6. The van der Waals surface area contributed by atoms with Crippen LogP contribution in [0.2, 0.25) is 0 Å². The highest BCUT2D eigenvalue weighted by Crippen LogP contribution is 2.57. The van der Waals surface area contributed by atoms with E-state index in [1.54, 1.807) is 70.6 Å². The monoisotopic (exact) mass is 274 g/mol. The molecule has 0 saturated heterocycles. The Labute approximate surface area is 126 Å². The maximum absolute atomic E-state index is 1.64. The maximum atomic E-state index is 1.64. The van der Waals surface area contributed by atoms with E-state index in [1.807, 2.05) is 0 Å². The van der Waals surface area contributed by atoms with E-state index in [0.29, 0.717) is 0 Å². The lowest BCUT2D eigenvalue weighted by atomic mass is 9.65. The van der Waals surface area contributed by atoms with E-state index in [0.717, 1.165) is 23.7 Å². The molecule has 0 heterocycles. The third kappa shape index (κ3) is 2.57. The van der Waals surface area contributed by atoms with Gasteiger partial charge in [-0.25, -0.2) is 0 Å². The van der Waals surface area contributed by atoms with Crippen molar-refractivity contribution in [2.75, 3.05) is 0 Å². The van der Waals surface area contributed by atoms with Crippen LogP contribution in [0.3, 0.4) is 0 Å². The van der Waals surface area contributed by atoms with Gasteiger partial charge in [0.15, 0.2) is 0 Å². The molecule has 0 aromatic rings. The molecular formula is C20H34. The molecule has 0 N–H and O–H groups in total. The highest BCUT2D eigenvalue weighted by atomic mass is 14.5. The second kappa shape index (κ2) is 6.01. The van der Waals surface area contributed by atoms with Crippen LogP contribution in [-0.2, 0) is 0 Å². The van der Waals surface area contributed by atoms with E-state index in [9.17, 15) is 0 Å². The van der Waals surface area contributed by atoms with Gasteiger partial charge in [0, 0.05) is 0 Å². The van der Waals surface area contributed by atoms with Crippen LogP contribution in [0.5, 0.6) is 0 Å². The van der Waals surface area contributed by atoms with Gasteiger partial charge in [0.2, 0.25) is 0 Å². The van der Waals surface area contributed by atoms with E-state index >= 15 is 0 Å². The third-order valence-electron chi connectivity index (χ3n) is 7.67. The van der Waals surface area contributed by atoms with Crippen molar-refractivity contribution in [3.8, 4) is 0 Å². The topological polar surface area (TPSA) is 0 Å². The summed E-state index contributed by atoms with van der Waals surface area (Å²) in [5.41, 5.74) is 0. The first-order valence-corrected chi connectivity index (χ1v) is 9.92. The Balaban J connectivity index is 1.45. The van der Waals surface area contributed by atoms with Gasteiger partial charge in [-0.05, 0) is 54.8 Å². The fourth-order valence-electron chi connectivity index (χ4n) is 6.94. The summed E-state index contributed by atoms with van der Waals surface area (Å²) >= 11 is 0. The molecule has 0 spiro atoms. The van der Waals surface area contributed by atoms with Crippen molar-refractivity contribution in [2.45, 2.75) is 89.9 Å². The van der Waals surface area contributed by atoms with Crippen LogP contribution in [0.25, 0.3) is 0 Å². The van der Waals surface area contributed by atoms with E-state index < -0.39 is 0 Å². The molecule has 0 aromatic heterocycles. The normalized spacial score (nSPS) is 45.9. The van der Waals surface area contributed by atoms with Crippen molar-refractivity contribution in [3.63, 3.8) is 0 Å². The van der Waals surface area contributed by atoms with E-state index in [1.165, 1.54) is 31.1 Å². The van der Waals surface area contributed by atoms with Crippen molar-refractivity contribution in [3.05, 3.63) is 0 Å². The van der Waals surface area contributed by atoms with Crippen LogP contribution in [0.4, 0.5) is 0 Å². The summed E-state index contributed by atoms with van der Waals surface area (Å²) in [7, 11) is 0. The van der Waals surface area contributed by atoms with Gasteiger partial charge in [0.1, 0.15) is 0 Å². The molecular weight excluding hydrogens is 240 g/mol. The van der Waals surface area contributed by atoms with Gasteiger partial charge in [-0.15, -0.1) is 0 Å². The first-order valence-electron chi connectivity index (χ1n) is 9.92. The summed E-state index contributed by atoms with van der Waals surface area (Å²) in [6.45, 7) is 0. The van der Waals surface area contributed by atoms with Crippen LogP contribution < -0.4 is 0 Å². The Morgan fingerprint density at radius 1 is 0.600 bits per heavy atom. The lowest BCUT2D eigenvalue weighted by Crippen LogP contribution is -2.32. The van der Waals surface area contributed by atoms with Gasteiger partial charge in [-0.3, -0.25) is 0 Å². The molecule has 0 amide bonds. The molecule has 0 radical (unpaired) electrons. The minimum Gasteiger partial charge on any atom is -0.0533 e. The SMILES string of the molecule is C1CCC(CC2CCCC3CC4CCCCC4C23)CC1. The highest BCUT2D eigenvalue weighted by Gasteiger charge is 2.48. The summed E-state index contributed by atoms with van der Waals surface area (Å²) in [4.78, 5) is 0. The van der Waals surface area contributed by atoms with Crippen molar-refractivity contribution >= 4 is 0 Å². The molecule has 5 atom stereocenters. The molecule has 0 aliphatic heterocycles. The summed E-state index contributed by atoms with van der Waals surface area (Å²) in [5.74, 6) is 6.93. The van der Waals surface area contributed by atoms with Gasteiger partial charge in [-0.1, -0.05) is 70.6 Å². The zero-order valence-electron chi connectivity index (χ0n) is 13.4. The molecule has 4 saturated carbocycles. The molecule has 0 aromatic carbocycles. The Kier molecular flexibility index (Phi) is 4.10. The van der Waals surface area contributed by atoms with Crippen LogP contribution in [0.1, 0.15) is 89.9 Å². The van der Waals surface area contributed by atoms with E-state index in [4.69, 9.17) is 0 Å². The fraction of sp³-hybridized carbons (Fsp3) is 1.00. The quantitative estimate of drug-likeness (QED) is 0.562. The predicted octanol–water partition coefficient (Wildman–Crippen LogP) is 6.20. The van der Waals surface area contributed by atoms with Crippen LogP contribution in [0.15, 0.2) is 0 Å². The van der Waals surface area contributed by atoms with Gasteiger partial charge in [0.05, 0.1) is 0 Å². The van der Waals surface area contributed by atoms with Crippen LogP contribution in [0, 0.1) is 35.5 Å². The van der Waals surface area contributed by atoms with Crippen molar-refractivity contribution < 1.29 is 0 Å². The third-order valence-corrected chi connectivity index (χ3v) is 7.67. The summed E-state index contributed by atoms with van der Waals surface area (Å²) in [5, 5.41) is 0. The smallest absolute Gasteiger partial charge is 0.0326 e. The second-order valence-electron chi connectivity index (χ2n) is 8.71. The Morgan fingerprint density at radius 2 is 1.35 bits per heavy atom. The largest absolute Gasteiger partial charge is 0.0533 e. The Hall–Kier alpha value is 0. The Bertz CT molecular complexity index is 314. The number of hydrogen-bond donors (Lipinski definition) is 0. The van der Waals surface area contributed by atoms with Gasteiger partial charge in [-0.2, -0.15) is 0 Å². The molecule has 4 aliphatic carbocycles. The van der Waals surface area contributed by atoms with Gasteiger partial charge in [0.25, 0.3) is 0 Å². The number of hydrogen-bond acceptors (Lipinski definition) is 0. The number of fused-ring (bicyclic) bond motifs is 3. The van der Waals surface area contributed by atoms with Gasteiger partial charge < -0.3 is 0 Å². The minimum absolute atomic E-state index is 1.12. The minimum atomic E-state index is 1.12. The molecule has 20 heavy (non-hydrogen) atoms. The molecule has 0 heteroatoms. The van der Waals surface area contributed by atoms with Crippen LogP contribution >= 0.6 is 0 Å². The Morgan fingerprint density at radius 3 is 2.25 bits per heavy atom. The average Bonchev–Trinajstić information content (AvgIpc) is 2.88. The summed E-state index contributed by atoms with van der Waals surface area (Å²) in [6, 6.07) is 0. The fourth-order valence-corrected chi connectivity index (χ4v) is 6.94. The van der Waals surface area contributed by atoms with Crippen LogP contribution in [-0.4, -0.2) is 0 Å².